The van der Waals surface area contributed by atoms with Crippen LogP contribution in [0.3, 0.4) is 0 Å². The number of rotatable bonds is 0. The molecule has 0 aliphatic heterocycles. The van der Waals surface area contributed by atoms with Crippen molar-refractivity contribution in [2.75, 3.05) is 0 Å². The summed E-state index contributed by atoms with van der Waals surface area (Å²) < 4.78 is 0. The molecule has 1 rings (SSSR count). The fourth-order valence-corrected chi connectivity index (χ4v) is 0.457. The first kappa shape index (κ1) is 9.87. The molecule has 1 aromatic carbocycles. The van der Waals surface area contributed by atoms with Gasteiger partial charge in [-0.2, -0.15) is 0 Å². The SMILES string of the molecule is [Cs+].[O-]c1ccccc1O. The second-order valence-electron chi connectivity index (χ2n) is 1.47. The molecule has 0 unspecified atom stereocenters. The molecule has 0 amide bonds. The maximum atomic E-state index is 10.4. The Morgan fingerprint density at radius 3 is 2.11 bits per heavy atom. The maximum Gasteiger partial charge on any atom is 1.00 e. The fraction of sp³-hybridized carbons (Fsp3) is 0. The van der Waals surface area contributed by atoms with Crippen molar-refractivity contribution in [2.24, 2.45) is 0 Å². The molecule has 0 spiro atoms. The van der Waals surface area contributed by atoms with E-state index in [4.69, 9.17) is 5.11 Å². The van der Waals surface area contributed by atoms with E-state index in [1.807, 2.05) is 0 Å². The number of hydrogen-bond donors (Lipinski definition) is 1. The Morgan fingerprint density at radius 1 is 1.22 bits per heavy atom. The van der Waals surface area contributed by atoms with E-state index in [2.05, 4.69) is 0 Å². The Bertz CT molecular complexity index is 167. The summed E-state index contributed by atoms with van der Waals surface area (Å²) in [7, 11) is 0. The van der Waals surface area contributed by atoms with Crippen LogP contribution in [0.4, 0.5) is 0 Å². The maximum absolute atomic E-state index is 10.4. The Kier molecular flexibility index (Phi) is 5.10. The van der Waals surface area contributed by atoms with Crippen molar-refractivity contribution < 1.29 is 79.1 Å². The predicted octanol–water partition coefficient (Wildman–Crippen LogP) is -2.53. The molecule has 0 aliphatic carbocycles. The van der Waals surface area contributed by atoms with Crippen molar-refractivity contribution in [1.82, 2.24) is 0 Å². The van der Waals surface area contributed by atoms with Gasteiger partial charge in [-0.3, -0.25) is 0 Å². The van der Waals surface area contributed by atoms with E-state index in [1.165, 1.54) is 12.1 Å². The van der Waals surface area contributed by atoms with Gasteiger partial charge >= 0.3 is 68.9 Å². The molecule has 0 atom stereocenters. The van der Waals surface area contributed by atoms with Crippen molar-refractivity contribution in [3.63, 3.8) is 0 Å². The Morgan fingerprint density at radius 2 is 1.78 bits per heavy atom. The van der Waals surface area contributed by atoms with Crippen LogP contribution in [0.25, 0.3) is 0 Å². The van der Waals surface area contributed by atoms with Crippen LogP contribution in [-0.4, -0.2) is 5.11 Å². The van der Waals surface area contributed by atoms with Crippen molar-refractivity contribution in [2.45, 2.75) is 0 Å². The summed E-state index contributed by atoms with van der Waals surface area (Å²) in [6.07, 6.45) is 0. The molecule has 0 saturated carbocycles. The van der Waals surface area contributed by atoms with Crippen LogP contribution in [0, 0.1) is 0 Å². The zero-order valence-electron chi connectivity index (χ0n) is 5.16. The van der Waals surface area contributed by atoms with Gasteiger partial charge in [-0.05, 0) is 6.07 Å². The molecular weight excluding hydrogens is 237 g/mol. The first-order valence-corrected chi connectivity index (χ1v) is 2.26. The molecule has 2 nitrogen and oxygen atoms in total. The van der Waals surface area contributed by atoms with E-state index < -0.39 is 0 Å². The Labute approximate surface area is 112 Å². The van der Waals surface area contributed by atoms with E-state index in [9.17, 15) is 5.11 Å². The number of phenols is 1. The van der Waals surface area contributed by atoms with E-state index in [0.717, 1.165) is 0 Å². The first-order chi connectivity index (χ1) is 3.80. The van der Waals surface area contributed by atoms with Crippen molar-refractivity contribution in [3.8, 4) is 11.5 Å². The van der Waals surface area contributed by atoms with Crippen LogP contribution in [0.5, 0.6) is 11.5 Å². The number of aromatic hydroxyl groups is 1. The molecule has 0 bridgehead atoms. The normalized spacial score (nSPS) is 8.00. The molecule has 0 saturated heterocycles. The first-order valence-electron chi connectivity index (χ1n) is 2.26. The zero-order valence-corrected chi connectivity index (χ0v) is 11.4. The van der Waals surface area contributed by atoms with Gasteiger partial charge in [0.05, 0.1) is 0 Å². The van der Waals surface area contributed by atoms with Crippen molar-refractivity contribution in [3.05, 3.63) is 24.3 Å². The molecule has 0 heterocycles. The Hall–Kier alpha value is 0.872. The monoisotopic (exact) mass is 242 g/mol. The van der Waals surface area contributed by atoms with E-state index >= 15 is 0 Å². The van der Waals surface area contributed by atoms with Crippen LogP contribution in [-0.2, 0) is 0 Å². The van der Waals surface area contributed by atoms with Gasteiger partial charge in [0.15, 0.2) is 0 Å². The molecule has 3 heteroatoms. The molecule has 9 heavy (non-hydrogen) atoms. The van der Waals surface area contributed by atoms with Crippen LogP contribution in [0.1, 0.15) is 0 Å². The minimum atomic E-state index is -0.326. The number of phenolic OH excluding ortho intramolecular Hbond substituents is 1. The molecule has 0 aliphatic rings. The topological polar surface area (TPSA) is 43.3 Å². The molecule has 42 valence electrons. The van der Waals surface area contributed by atoms with Crippen LogP contribution < -0.4 is 74.0 Å². The van der Waals surface area contributed by atoms with E-state index in [1.54, 1.807) is 12.1 Å². The molecule has 0 aromatic heterocycles. The quantitative estimate of drug-likeness (QED) is 0.545. The summed E-state index contributed by atoms with van der Waals surface area (Å²) in [6.45, 7) is 0. The number of benzene rings is 1. The molecule has 1 aromatic rings. The third kappa shape index (κ3) is 2.97. The molecular formula is C6H5CsO2. The number of para-hydroxylation sites is 2. The Balaban J connectivity index is 0.000000640. The van der Waals surface area contributed by atoms with E-state index in [0.29, 0.717) is 0 Å². The molecule has 1 N–H and O–H groups in total. The zero-order chi connectivity index (χ0) is 5.98. The van der Waals surface area contributed by atoms with Crippen LogP contribution >= 0.6 is 0 Å². The van der Waals surface area contributed by atoms with Gasteiger partial charge in [0.25, 0.3) is 0 Å². The van der Waals surface area contributed by atoms with Gasteiger partial charge in [0, 0.05) is 0 Å². The largest absolute Gasteiger partial charge is 1.00 e. The summed E-state index contributed by atoms with van der Waals surface area (Å²) in [5.74, 6) is -0.514. The average Bonchev–Trinajstić information content (AvgIpc) is 1.77. The van der Waals surface area contributed by atoms with Gasteiger partial charge in [-0.1, -0.05) is 23.9 Å². The summed E-state index contributed by atoms with van der Waals surface area (Å²) in [5.41, 5.74) is 0. The van der Waals surface area contributed by atoms with Crippen molar-refractivity contribution >= 4 is 0 Å². The van der Waals surface area contributed by atoms with Crippen LogP contribution in [0.2, 0.25) is 0 Å². The van der Waals surface area contributed by atoms with Gasteiger partial charge in [-0.15, -0.1) is 0 Å². The van der Waals surface area contributed by atoms with Gasteiger partial charge in [0.1, 0.15) is 5.75 Å². The minimum absolute atomic E-state index is 0. The summed E-state index contributed by atoms with van der Waals surface area (Å²) in [5, 5.41) is 19.0. The van der Waals surface area contributed by atoms with Crippen LogP contribution in [0.15, 0.2) is 24.3 Å². The second-order valence-corrected chi connectivity index (χ2v) is 1.47. The third-order valence-corrected chi connectivity index (χ3v) is 0.865. The van der Waals surface area contributed by atoms with E-state index in [-0.39, 0.29) is 80.4 Å². The smallest absolute Gasteiger partial charge is 0.870 e. The van der Waals surface area contributed by atoms with Gasteiger partial charge < -0.3 is 10.2 Å². The summed E-state index contributed by atoms with van der Waals surface area (Å²) in [4.78, 5) is 0. The summed E-state index contributed by atoms with van der Waals surface area (Å²) >= 11 is 0. The summed E-state index contributed by atoms with van der Waals surface area (Å²) in [6, 6.07) is 5.87. The van der Waals surface area contributed by atoms with Crippen molar-refractivity contribution in [1.29, 1.82) is 0 Å². The number of hydrogen-bond acceptors (Lipinski definition) is 2. The average molecular weight is 242 g/mol. The van der Waals surface area contributed by atoms with Gasteiger partial charge in [-0.25, -0.2) is 0 Å². The third-order valence-electron chi connectivity index (χ3n) is 0.865. The standard InChI is InChI=1S/C6H6O2.Cs/c7-5-3-1-2-4-6(5)8;/h1-4,7-8H;/q;+1/p-1. The fourth-order valence-electron chi connectivity index (χ4n) is 0.457. The predicted molar refractivity (Wildman–Crippen MR) is 27.6 cm³/mol. The second kappa shape index (κ2) is 4.65. The minimum Gasteiger partial charge on any atom is -0.870 e. The molecule has 0 fully saturated rings. The van der Waals surface area contributed by atoms with Gasteiger partial charge in [0.2, 0.25) is 0 Å². The molecule has 0 radical (unpaired) electrons.